The number of allylic oxidation sites excluding steroid dienone is 2. The quantitative estimate of drug-likeness (QED) is 0.751. The van der Waals surface area contributed by atoms with Crippen LogP contribution in [0.2, 0.25) is 0 Å². The summed E-state index contributed by atoms with van der Waals surface area (Å²) < 4.78 is 5.59. The summed E-state index contributed by atoms with van der Waals surface area (Å²) in [5.74, 6) is 2.52. The van der Waals surface area contributed by atoms with E-state index < -0.39 is 0 Å². The maximum absolute atomic E-state index is 9.20. The van der Waals surface area contributed by atoms with Gasteiger partial charge in [-0.15, -0.1) is 0 Å². The van der Waals surface area contributed by atoms with E-state index in [1.807, 2.05) is 0 Å². The summed E-state index contributed by atoms with van der Waals surface area (Å²) in [7, 11) is 0. The van der Waals surface area contributed by atoms with Gasteiger partial charge in [0.1, 0.15) is 0 Å². The Bertz CT molecular complexity index is 305. The largest absolute Gasteiger partial charge is 0.394 e. The highest BCUT2D eigenvalue weighted by Crippen LogP contribution is 2.43. The van der Waals surface area contributed by atoms with Gasteiger partial charge in [0.2, 0.25) is 0 Å². The van der Waals surface area contributed by atoms with Gasteiger partial charge in [0.05, 0.1) is 19.3 Å². The fourth-order valence-electron chi connectivity index (χ4n) is 3.65. The first-order valence-corrected chi connectivity index (χ1v) is 6.91. The van der Waals surface area contributed by atoms with Crippen LogP contribution in [0.3, 0.4) is 0 Å². The lowest BCUT2D eigenvalue weighted by atomic mass is 9.92. The lowest BCUT2D eigenvalue weighted by Gasteiger charge is -2.39. The van der Waals surface area contributed by atoms with Gasteiger partial charge in [0.25, 0.3) is 0 Å². The maximum atomic E-state index is 9.20. The minimum Gasteiger partial charge on any atom is -0.394 e. The van der Waals surface area contributed by atoms with Crippen LogP contribution in [-0.4, -0.2) is 48.5 Å². The monoisotopic (exact) mass is 237 g/mol. The van der Waals surface area contributed by atoms with E-state index in [1.54, 1.807) is 0 Å². The lowest BCUT2D eigenvalue weighted by molar-refractivity contribution is -0.0822. The Labute approximate surface area is 103 Å². The predicted molar refractivity (Wildman–Crippen MR) is 66.7 cm³/mol. The Morgan fingerprint density at radius 3 is 2.88 bits per heavy atom. The second-order valence-corrected chi connectivity index (χ2v) is 5.98. The van der Waals surface area contributed by atoms with Crippen molar-refractivity contribution in [2.24, 2.45) is 17.8 Å². The number of nitrogens with zero attached hydrogens (tertiary/aromatic N) is 1. The molecule has 1 heterocycles. The molecule has 0 radical (unpaired) electrons. The van der Waals surface area contributed by atoms with Crippen molar-refractivity contribution in [2.75, 3.05) is 26.3 Å². The molecular formula is C14H23NO2. The van der Waals surface area contributed by atoms with Crippen molar-refractivity contribution < 1.29 is 9.84 Å². The summed E-state index contributed by atoms with van der Waals surface area (Å²) in [4.78, 5) is 2.52. The number of hydrogen-bond donors (Lipinski definition) is 1. The molecule has 1 saturated carbocycles. The molecule has 1 N–H and O–H groups in total. The van der Waals surface area contributed by atoms with Gasteiger partial charge in [0, 0.05) is 19.1 Å². The van der Waals surface area contributed by atoms with Crippen molar-refractivity contribution in [3.8, 4) is 0 Å². The molecule has 1 aliphatic heterocycles. The van der Waals surface area contributed by atoms with Crippen LogP contribution >= 0.6 is 0 Å². The zero-order chi connectivity index (χ0) is 11.8. The second kappa shape index (κ2) is 4.71. The van der Waals surface area contributed by atoms with Crippen LogP contribution in [0.5, 0.6) is 0 Å². The first-order valence-electron chi connectivity index (χ1n) is 6.91. The summed E-state index contributed by atoms with van der Waals surface area (Å²) in [6.07, 6.45) is 7.61. The van der Waals surface area contributed by atoms with E-state index >= 15 is 0 Å². The molecule has 5 unspecified atom stereocenters. The van der Waals surface area contributed by atoms with Gasteiger partial charge in [-0.1, -0.05) is 12.2 Å². The minimum atomic E-state index is 0.0281. The Balaban J connectivity index is 1.58. The molecule has 0 amide bonds. The Hall–Kier alpha value is -0.380. The van der Waals surface area contributed by atoms with Crippen LogP contribution < -0.4 is 0 Å². The van der Waals surface area contributed by atoms with Crippen molar-refractivity contribution in [3.63, 3.8) is 0 Å². The molecule has 17 heavy (non-hydrogen) atoms. The molecule has 0 spiro atoms. The average Bonchev–Trinajstić information content (AvgIpc) is 2.94. The molecule has 3 heteroatoms. The molecule has 3 nitrogen and oxygen atoms in total. The van der Waals surface area contributed by atoms with E-state index in [2.05, 4.69) is 24.0 Å². The van der Waals surface area contributed by atoms with Crippen LogP contribution in [0.15, 0.2) is 12.2 Å². The fraction of sp³-hybridized carbons (Fsp3) is 0.857. The molecule has 2 fully saturated rings. The number of rotatable bonds is 3. The van der Waals surface area contributed by atoms with Crippen molar-refractivity contribution >= 4 is 0 Å². The molecule has 5 atom stereocenters. The number of aliphatic hydroxyl groups is 1. The zero-order valence-corrected chi connectivity index (χ0v) is 10.6. The van der Waals surface area contributed by atoms with Gasteiger partial charge in [-0.25, -0.2) is 0 Å². The molecule has 0 aromatic carbocycles. The Morgan fingerprint density at radius 2 is 2.24 bits per heavy atom. The smallest absolute Gasteiger partial charge is 0.0933 e. The number of morpholine rings is 1. The van der Waals surface area contributed by atoms with Gasteiger partial charge in [-0.3, -0.25) is 4.90 Å². The molecule has 2 bridgehead atoms. The van der Waals surface area contributed by atoms with E-state index in [0.717, 1.165) is 30.9 Å². The average molecular weight is 237 g/mol. The van der Waals surface area contributed by atoms with Crippen LogP contribution in [0.4, 0.5) is 0 Å². The second-order valence-electron chi connectivity index (χ2n) is 5.98. The Morgan fingerprint density at radius 1 is 1.35 bits per heavy atom. The normalized spacial score (nSPS) is 45.6. The van der Waals surface area contributed by atoms with E-state index in [9.17, 15) is 5.11 Å². The first-order chi connectivity index (χ1) is 8.26. The van der Waals surface area contributed by atoms with Crippen LogP contribution in [0.1, 0.15) is 19.8 Å². The van der Waals surface area contributed by atoms with Crippen molar-refractivity contribution in [1.82, 2.24) is 4.90 Å². The predicted octanol–water partition coefficient (Wildman–Crippen LogP) is 1.28. The molecule has 0 aromatic rings. The molecule has 1 saturated heterocycles. The zero-order valence-electron chi connectivity index (χ0n) is 10.6. The number of ether oxygens (including phenoxy) is 1. The molecule has 96 valence electrons. The highest BCUT2D eigenvalue weighted by Gasteiger charge is 2.38. The summed E-state index contributed by atoms with van der Waals surface area (Å²) in [5.41, 5.74) is 0. The number of aliphatic hydroxyl groups excluding tert-OH is 1. The van der Waals surface area contributed by atoms with Gasteiger partial charge < -0.3 is 9.84 Å². The first kappa shape index (κ1) is 11.7. The van der Waals surface area contributed by atoms with Crippen LogP contribution in [0.25, 0.3) is 0 Å². The third-order valence-electron chi connectivity index (χ3n) is 4.72. The lowest BCUT2D eigenvalue weighted by Crippen LogP contribution is -2.51. The van der Waals surface area contributed by atoms with Crippen LogP contribution in [0, 0.1) is 17.8 Å². The third kappa shape index (κ3) is 2.28. The van der Waals surface area contributed by atoms with Crippen LogP contribution in [-0.2, 0) is 4.74 Å². The molecule has 3 aliphatic rings. The third-order valence-corrected chi connectivity index (χ3v) is 4.72. The highest BCUT2D eigenvalue weighted by molar-refractivity contribution is 5.10. The maximum Gasteiger partial charge on any atom is 0.0933 e. The molecule has 3 rings (SSSR count). The Kier molecular flexibility index (Phi) is 3.24. The summed E-state index contributed by atoms with van der Waals surface area (Å²) in [6, 6.07) is 0.501. The standard InChI is InChI=1S/C14H23NO2/c1-10-9-17-14(8-16)7-15(10)6-13-5-11-2-3-12(13)4-11/h2-3,10-14,16H,4-9H2,1H3. The summed E-state index contributed by atoms with van der Waals surface area (Å²) >= 11 is 0. The van der Waals surface area contributed by atoms with Gasteiger partial charge in [-0.2, -0.15) is 0 Å². The molecule has 0 aromatic heterocycles. The van der Waals surface area contributed by atoms with Gasteiger partial charge in [0.15, 0.2) is 0 Å². The summed E-state index contributed by atoms with van der Waals surface area (Å²) in [5, 5.41) is 9.20. The van der Waals surface area contributed by atoms with Crippen molar-refractivity contribution in [2.45, 2.75) is 31.9 Å². The number of hydrogen-bond acceptors (Lipinski definition) is 3. The highest BCUT2D eigenvalue weighted by atomic mass is 16.5. The van der Waals surface area contributed by atoms with Gasteiger partial charge in [-0.05, 0) is 37.5 Å². The van der Waals surface area contributed by atoms with E-state index in [4.69, 9.17) is 4.74 Å². The van der Waals surface area contributed by atoms with Crippen molar-refractivity contribution in [1.29, 1.82) is 0 Å². The SMILES string of the molecule is CC1COC(CO)CN1CC1CC2C=CC1C2. The van der Waals surface area contributed by atoms with E-state index in [-0.39, 0.29) is 12.7 Å². The summed E-state index contributed by atoms with van der Waals surface area (Å²) in [6.45, 7) is 5.24. The van der Waals surface area contributed by atoms with E-state index in [1.165, 1.54) is 19.4 Å². The van der Waals surface area contributed by atoms with E-state index in [0.29, 0.717) is 6.04 Å². The fourth-order valence-corrected chi connectivity index (χ4v) is 3.65. The number of fused-ring (bicyclic) bond motifs is 2. The van der Waals surface area contributed by atoms with Gasteiger partial charge >= 0.3 is 0 Å². The topological polar surface area (TPSA) is 32.7 Å². The molecule has 2 aliphatic carbocycles. The van der Waals surface area contributed by atoms with Crippen molar-refractivity contribution in [3.05, 3.63) is 12.2 Å². The molecular weight excluding hydrogens is 214 g/mol. The minimum absolute atomic E-state index is 0.0281.